The minimum Gasteiger partial charge on any atom is -0.485 e. The molecular formula is C17H14FN5O3S. The van der Waals surface area contributed by atoms with E-state index in [0.29, 0.717) is 22.7 Å². The molecule has 0 aliphatic carbocycles. The van der Waals surface area contributed by atoms with Gasteiger partial charge < -0.3 is 14.3 Å². The van der Waals surface area contributed by atoms with Gasteiger partial charge in [-0.2, -0.15) is 0 Å². The number of hydrogen-bond donors (Lipinski definition) is 1. The molecule has 0 aliphatic rings. The fraction of sp³-hybridized carbons (Fsp3) is 0.176. The highest BCUT2D eigenvalue weighted by molar-refractivity contribution is 7.14. The van der Waals surface area contributed by atoms with Crippen LogP contribution in [0.2, 0.25) is 0 Å². The summed E-state index contributed by atoms with van der Waals surface area (Å²) in [7, 11) is 0. The molecule has 0 bridgehead atoms. The minimum atomic E-state index is -0.893. The summed E-state index contributed by atoms with van der Waals surface area (Å²) in [4.78, 5) is 9.59. The molecule has 0 saturated heterocycles. The van der Waals surface area contributed by atoms with Crippen LogP contribution in [-0.2, 0) is 0 Å². The maximum Gasteiger partial charge on any atom is 0.220 e. The monoisotopic (exact) mass is 387 g/mol. The lowest BCUT2D eigenvalue weighted by Gasteiger charge is -2.12. The molecule has 0 radical (unpaired) electrons. The third-order valence-corrected chi connectivity index (χ3v) is 4.57. The lowest BCUT2D eigenvalue weighted by Crippen LogP contribution is -2.23. The van der Waals surface area contributed by atoms with Crippen molar-refractivity contribution in [2.75, 3.05) is 13.3 Å². The summed E-state index contributed by atoms with van der Waals surface area (Å²) in [6.45, 7) is -1.17. The SMILES string of the molecule is OCC(CF)Oc1ccc2nc(/C=C/c3cnc(-n4cnnc4)s3)oc2c1. The lowest BCUT2D eigenvalue weighted by molar-refractivity contribution is 0.0932. The molecule has 0 spiro atoms. The summed E-state index contributed by atoms with van der Waals surface area (Å²) in [5, 5.41) is 17.3. The molecule has 0 saturated carbocycles. The molecule has 3 aromatic heterocycles. The van der Waals surface area contributed by atoms with Gasteiger partial charge in [-0.25, -0.2) is 14.4 Å². The van der Waals surface area contributed by atoms with Crippen LogP contribution in [-0.4, -0.2) is 49.2 Å². The van der Waals surface area contributed by atoms with Gasteiger partial charge in [-0.1, -0.05) is 11.3 Å². The number of hydrogen-bond acceptors (Lipinski definition) is 8. The van der Waals surface area contributed by atoms with Crippen molar-refractivity contribution in [2.24, 2.45) is 0 Å². The lowest BCUT2D eigenvalue weighted by atomic mass is 10.3. The van der Waals surface area contributed by atoms with Gasteiger partial charge in [-0.3, -0.25) is 4.57 Å². The van der Waals surface area contributed by atoms with Gasteiger partial charge in [0.15, 0.2) is 10.7 Å². The first-order valence-corrected chi connectivity index (χ1v) is 8.80. The molecular weight excluding hydrogens is 373 g/mol. The Balaban J connectivity index is 1.51. The molecule has 1 aromatic carbocycles. The van der Waals surface area contributed by atoms with Crippen LogP contribution in [0, 0.1) is 0 Å². The van der Waals surface area contributed by atoms with E-state index in [1.165, 1.54) is 11.3 Å². The normalized spacial score (nSPS) is 12.8. The summed E-state index contributed by atoms with van der Waals surface area (Å²) in [5.74, 6) is 0.831. The number of ether oxygens (including phenoxy) is 1. The van der Waals surface area contributed by atoms with E-state index in [2.05, 4.69) is 20.2 Å². The van der Waals surface area contributed by atoms with Gasteiger partial charge in [0.05, 0.1) is 6.61 Å². The molecule has 1 N–H and O–H groups in total. The number of nitrogens with zero attached hydrogens (tertiary/aromatic N) is 5. The molecule has 0 fully saturated rings. The van der Waals surface area contributed by atoms with Crippen molar-refractivity contribution in [3.05, 3.63) is 47.8 Å². The number of rotatable bonds is 7. The Morgan fingerprint density at radius 2 is 2.15 bits per heavy atom. The maximum absolute atomic E-state index is 12.7. The van der Waals surface area contributed by atoms with Crippen LogP contribution in [0.5, 0.6) is 5.75 Å². The van der Waals surface area contributed by atoms with Crippen LogP contribution in [0.3, 0.4) is 0 Å². The number of oxazole rings is 1. The van der Waals surface area contributed by atoms with Gasteiger partial charge in [0.1, 0.15) is 36.7 Å². The van der Waals surface area contributed by atoms with Crippen molar-refractivity contribution >= 4 is 34.6 Å². The zero-order valence-corrected chi connectivity index (χ0v) is 14.7. The fourth-order valence-corrected chi connectivity index (χ4v) is 3.06. The number of alkyl halides is 1. The molecule has 4 rings (SSSR count). The highest BCUT2D eigenvalue weighted by atomic mass is 32.1. The second-order valence-corrected chi connectivity index (χ2v) is 6.55. The van der Waals surface area contributed by atoms with E-state index >= 15 is 0 Å². The van der Waals surface area contributed by atoms with Gasteiger partial charge >= 0.3 is 0 Å². The van der Waals surface area contributed by atoms with E-state index in [1.807, 2.05) is 6.08 Å². The quantitative estimate of drug-likeness (QED) is 0.520. The van der Waals surface area contributed by atoms with Gasteiger partial charge in [0.25, 0.3) is 0 Å². The zero-order valence-electron chi connectivity index (χ0n) is 13.9. The Morgan fingerprint density at radius 3 is 2.93 bits per heavy atom. The Kier molecular flexibility index (Phi) is 4.90. The molecule has 1 unspecified atom stereocenters. The second-order valence-electron chi connectivity index (χ2n) is 5.51. The summed E-state index contributed by atoms with van der Waals surface area (Å²) >= 11 is 1.47. The van der Waals surface area contributed by atoms with Crippen LogP contribution in [0.1, 0.15) is 10.8 Å². The van der Waals surface area contributed by atoms with Crippen LogP contribution in [0.25, 0.3) is 28.4 Å². The van der Waals surface area contributed by atoms with Crippen molar-refractivity contribution in [3.8, 4) is 10.9 Å². The van der Waals surface area contributed by atoms with Crippen molar-refractivity contribution in [3.63, 3.8) is 0 Å². The average molecular weight is 387 g/mol. The molecule has 0 aliphatic heterocycles. The van der Waals surface area contributed by atoms with Gasteiger partial charge in [-0.05, 0) is 18.2 Å². The summed E-state index contributed by atoms with van der Waals surface area (Å²) in [6, 6.07) is 5.00. The molecule has 1 atom stereocenters. The number of aromatic nitrogens is 5. The summed E-state index contributed by atoms with van der Waals surface area (Å²) in [5.41, 5.74) is 1.16. The van der Waals surface area contributed by atoms with Crippen molar-refractivity contribution in [1.29, 1.82) is 0 Å². The minimum absolute atomic E-state index is 0.398. The van der Waals surface area contributed by atoms with Crippen LogP contribution < -0.4 is 4.74 Å². The van der Waals surface area contributed by atoms with Crippen LogP contribution in [0.15, 0.2) is 41.5 Å². The number of benzene rings is 1. The predicted molar refractivity (Wildman–Crippen MR) is 97.4 cm³/mol. The maximum atomic E-state index is 12.7. The standard InChI is InChI=1S/C17H14FN5O3S/c18-6-12(8-24)25-11-1-3-14-15(5-11)26-16(22-14)4-2-13-7-19-17(27-13)23-9-20-21-10-23/h1-5,7,9-10,12,24H,6,8H2/b4-2+. The number of aliphatic hydroxyl groups is 1. The molecule has 4 aromatic rings. The Morgan fingerprint density at radius 1 is 1.30 bits per heavy atom. The second kappa shape index (κ2) is 7.64. The molecule has 3 heterocycles. The van der Waals surface area contributed by atoms with E-state index in [-0.39, 0.29) is 0 Å². The fourth-order valence-electron chi connectivity index (χ4n) is 2.30. The van der Waals surface area contributed by atoms with E-state index in [1.54, 1.807) is 47.7 Å². The Bertz CT molecular complexity index is 1060. The molecule has 0 amide bonds. The number of thiazole rings is 1. The molecule has 8 nitrogen and oxygen atoms in total. The third-order valence-electron chi connectivity index (χ3n) is 3.60. The highest BCUT2D eigenvalue weighted by Gasteiger charge is 2.11. The van der Waals surface area contributed by atoms with Gasteiger partial charge in [0, 0.05) is 23.2 Å². The molecule has 27 heavy (non-hydrogen) atoms. The smallest absolute Gasteiger partial charge is 0.220 e. The van der Waals surface area contributed by atoms with Crippen molar-refractivity contribution < 1.29 is 18.7 Å². The highest BCUT2D eigenvalue weighted by Crippen LogP contribution is 2.24. The van der Waals surface area contributed by atoms with Crippen LogP contribution >= 0.6 is 11.3 Å². The topological polar surface area (TPSA) is 99.1 Å². The first kappa shape index (κ1) is 17.3. The van der Waals surface area contributed by atoms with E-state index < -0.39 is 19.4 Å². The number of fused-ring (bicyclic) bond motifs is 1. The van der Waals surface area contributed by atoms with Crippen molar-refractivity contribution in [2.45, 2.75) is 6.10 Å². The first-order chi connectivity index (χ1) is 13.2. The summed E-state index contributed by atoms with van der Waals surface area (Å²) < 4.78 is 25.4. The predicted octanol–water partition coefficient (Wildman–Crippen LogP) is 2.74. The Labute approximate surface area is 156 Å². The van der Waals surface area contributed by atoms with Gasteiger partial charge in [0.2, 0.25) is 5.89 Å². The first-order valence-electron chi connectivity index (χ1n) is 7.98. The average Bonchev–Trinajstić information content (AvgIpc) is 3.43. The van der Waals surface area contributed by atoms with Crippen LogP contribution in [0.4, 0.5) is 4.39 Å². The number of halogens is 1. The largest absolute Gasteiger partial charge is 0.485 e. The molecule has 10 heteroatoms. The third kappa shape index (κ3) is 3.86. The number of aliphatic hydroxyl groups excluding tert-OH is 1. The molecule has 138 valence electrons. The van der Waals surface area contributed by atoms with E-state index in [9.17, 15) is 4.39 Å². The summed E-state index contributed by atoms with van der Waals surface area (Å²) in [6.07, 6.45) is 7.59. The Hall–Kier alpha value is -3.11. The van der Waals surface area contributed by atoms with Gasteiger partial charge in [-0.15, -0.1) is 10.2 Å². The van der Waals surface area contributed by atoms with E-state index in [4.69, 9.17) is 14.3 Å². The van der Waals surface area contributed by atoms with E-state index in [0.717, 1.165) is 10.0 Å². The zero-order chi connectivity index (χ0) is 18.6. The van der Waals surface area contributed by atoms with Crippen molar-refractivity contribution in [1.82, 2.24) is 24.7 Å².